The number of nitrogens with zero attached hydrogens (tertiary/aromatic N) is 2. The van der Waals surface area contributed by atoms with E-state index < -0.39 is 0 Å². The number of fused-ring (bicyclic) bond motifs is 3. The van der Waals surface area contributed by atoms with Gasteiger partial charge in [-0.15, -0.1) is 11.3 Å². The van der Waals surface area contributed by atoms with Crippen LogP contribution in [0.15, 0.2) is 39.9 Å². The number of hydrogen-bond acceptors (Lipinski definition) is 3. The SMILES string of the molecule is CC1CCc2c(sc3ncn(Cc4ccc(Br)cc4)c(=O)c23)C1. The minimum Gasteiger partial charge on any atom is -0.294 e. The second-order valence-corrected chi connectivity index (χ2v) is 8.34. The van der Waals surface area contributed by atoms with Crippen molar-refractivity contribution >= 4 is 37.5 Å². The molecule has 1 aliphatic carbocycles. The molecule has 0 bridgehead atoms. The lowest BCUT2D eigenvalue weighted by molar-refractivity contribution is 0.509. The number of rotatable bonds is 2. The fourth-order valence-corrected chi connectivity index (χ4v) is 4.87. The molecule has 1 atom stereocenters. The molecule has 0 saturated heterocycles. The lowest BCUT2D eigenvalue weighted by atomic mass is 9.89. The van der Waals surface area contributed by atoms with Crippen molar-refractivity contribution in [3.63, 3.8) is 0 Å². The Balaban J connectivity index is 1.78. The summed E-state index contributed by atoms with van der Waals surface area (Å²) in [5.41, 5.74) is 2.46. The Morgan fingerprint density at radius 1 is 1.35 bits per heavy atom. The molecule has 4 rings (SSSR count). The van der Waals surface area contributed by atoms with E-state index in [1.165, 1.54) is 16.9 Å². The minimum atomic E-state index is 0.102. The molecule has 3 aromatic rings. The van der Waals surface area contributed by atoms with Gasteiger partial charge in [0.2, 0.25) is 0 Å². The molecule has 0 N–H and O–H groups in total. The normalized spacial score (nSPS) is 17.4. The third kappa shape index (κ3) is 2.76. The lowest BCUT2D eigenvalue weighted by Crippen LogP contribution is -2.22. The summed E-state index contributed by atoms with van der Waals surface area (Å²) in [4.78, 5) is 19.8. The first kappa shape index (κ1) is 15.1. The van der Waals surface area contributed by atoms with Gasteiger partial charge in [-0.05, 0) is 48.4 Å². The Morgan fingerprint density at radius 2 is 2.13 bits per heavy atom. The van der Waals surface area contributed by atoms with Crippen LogP contribution in [0.2, 0.25) is 0 Å². The summed E-state index contributed by atoms with van der Waals surface area (Å²) in [5, 5.41) is 0.858. The van der Waals surface area contributed by atoms with E-state index in [1.807, 2.05) is 24.3 Å². The Bertz CT molecular complexity index is 927. The van der Waals surface area contributed by atoms with Crippen LogP contribution in [0.5, 0.6) is 0 Å². The van der Waals surface area contributed by atoms with Gasteiger partial charge < -0.3 is 0 Å². The van der Waals surface area contributed by atoms with E-state index in [1.54, 1.807) is 22.2 Å². The molecule has 0 spiro atoms. The van der Waals surface area contributed by atoms with Crippen LogP contribution >= 0.6 is 27.3 Å². The molecule has 3 nitrogen and oxygen atoms in total. The molecule has 118 valence electrons. The third-order valence-corrected chi connectivity index (χ3v) is 6.24. The van der Waals surface area contributed by atoms with Crippen LogP contribution in [0.1, 0.15) is 29.3 Å². The predicted octanol–water partition coefficient (Wildman–Crippen LogP) is 4.39. The smallest absolute Gasteiger partial charge is 0.262 e. The fraction of sp³-hybridized carbons (Fsp3) is 0.333. The predicted molar refractivity (Wildman–Crippen MR) is 98.3 cm³/mol. The van der Waals surface area contributed by atoms with E-state index in [-0.39, 0.29) is 5.56 Å². The first-order valence-electron chi connectivity index (χ1n) is 7.86. The van der Waals surface area contributed by atoms with Gasteiger partial charge in [0.1, 0.15) is 4.83 Å². The molecule has 0 amide bonds. The van der Waals surface area contributed by atoms with Crippen LogP contribution in [0.4, 0.5) is 0 Å². The molecule has 1 unspecified atom stereocenters. The van der Waals surface area contributed by atoms with Gasteiger partial charge in [0.15, 0.2) is 0 Å². The zero-order valence-electron chi connectivity index (χ0n) is 12.9. The monoisotopic (exact) mass is 388 g/mol. The standard InChI is InChI=1S/C18H17BrN2OS/c1-11-2-7-14-15(8-11)23-17-16(14)18(22)21(10-20-17)9-12-3-5-13(19)6-4-12/h3-6,10-11H,2,7-9H2,1H3. The Morgan fingerprint density at radius 3 is 2.91 bits per heavy atom. The van der Waals surface area contributed by atoms with Gasteiger partial charge in [-0.2, -0.15) is 0 Å². The second kappa shape index (κ2) is 5.87. The zero-order valence-corrected chi connectivity index (χ0v) is 15.3. The largest absolute Gasteiger partial charge is 0.294 e. The highest BCUT2D eigenvalue weighted by Gasteiger charge is 2.23. The lowest BCUT2D eigenvalue weighted by Gasteiger charge is -2.17. The molecule has 0 saturated carbocycles. The molecule has 2 aromatic heterocycles. The minimum absolute atomic E-state index is 0.102. The van der Waals surface area contributed by atoms with Crippen LogP contribution in [-0.2, 0) is 19.4 Å². The van der Waals surface area contributed by atoms with E-state index in [0.29, 0.717) is 12.5 Å². The first-order chi connectivity index (χ1) is 11.1. The van der Waals surface area contributed by atoms with E-state index in [2.05, 4.69) is 27.8 Å². The van der Waals surface area contributed by atoms with Crippen molar-refractivity contribution in [2.45, 2.75) is 32.7 Å². The summed E-state index contributed by atoms with van der Waals surface area (Å²) >= 11 is 5.14. The highest BCUT2D eigenvalue weighted by molar-refractivity contribution is 9.10. The molecular weight excluding hydrogens is 372 g/mol. The van der Waals surface area contributed by atoms with E-state index in [4.69, 9.17) is 0 Å². The molecule has 5 heteroatoms. The summed E-state index contributed by atoms with van der Waals surface area (Å²) < 4.78 is 2.78. The van der Waals surface area contributed by atoms with Crippen LogP contribution in [-0.4, -0.2) is 9.55 Å². The summed E-state index contributed by atoms with van der Waals surface area (Å²) in [7, 11) is 0. The Labute approximate surface area is 147 Å². The van der Waals surface area contributed by atoms with Gasteiger partial charge in [-0.25, -0.2) is 4.98 Å². The molecule has 23 heavy (non-hydrogen) atoms. The molecule has 1 aromatic carbocycles. The van der Waals surface area contributed by atoms with Gasteiger partial charge in [-0.3, -0.25) is 9.36 Å². The summed E-state index contributed by atoms with van der Waals surface area (Å²) in [6.07, 6.45) is 4.95. The molecule has 0 fully saturated rings. The number of halogens is 1. The van der Waals surface area contributed by atoms with Gasteiger partial charge >= 0.3 is 0 Å². The van der Waals surface area contributed by atoms with E-state index in [0.717, 1.165) is 33.1 Å². The molecular formula is C18H17BrN2OS. The van der Waals surface area contributed by atoms with Crippen LogP contribution in [0.3, 0.4) is 0 Å². The third-order valence-electron chi connectivity index (χ3n) is 4.55. The van der Waals surface area contributed by atoms with Crippen LogP contribution in [0, 0.1) is 5.92 Å². The molecule has 1 aliphatic rings. The number of hydrogen-bond donors (Lipinski definition) is 0. The number of aryl methyl sites for hydroxylation is 1. The van der Waals surface area contributed by atoms with Crippen LogP contribution in [0.25, 0.3) is 10.2 Å². The fourth-order valence-electron chi connectivity index (χ4n) is 3.27. The maximum absolute atomic E-state index is 12.9. The van der Waals surface area contributed by atoms with Crippen molar-refractivity contribution < 1.29 is 0 Å². The Hall–Kier alpha value is -1.46. The second-order valence-electron chi connectivity index (χ2n) is 6.34. The van der Waals surface area contributed by atoms with E-state index in [9.17, 15) is 4.79 Å². The first-order valence-corrected chi connectivity index (χ1v) is 9.47. The van der Waals surface area contributed by atoms with Crippen molar-refractivity contribution in [3.8, 4) is 0 Å². The summed E-state index contributed by atoms with van der Waals surface area (Å²) in [5.74, 6) is 0.709. The van der Waals surface area contributed by atoms with Gasteiger partial charge in [0.25, 0.3) is 5.56 Å². The maximum atomic E-state index is 12.9. The zero-order chi connectivity index (χ0) is 16.0. The topological polar surface area (TPSA) is 34.9 Å². The van der Waals surface area contributed by atoms with E-state index >= 15 is 0 Å². The van der Waals surface area contributed by atoms with Gasteiger partial charge in [0, 0.05) is 9.35 Å². The average molecular weight is 389 g/mol. The van der Waals surface area contributed by atoms with Crippen molar-refractivity contribution in [1.82, 2.24) is 9.55 Å². The highest BCUT2D eigenvalue weighted by Crippen LogP contribution is 2.35. The summed E-state index contributed by atoms with van der Waals surface area (Å²) in [6.45, 7) is 2.85. The molecule has 0 radical (unpaired) electrons. The molecule has 0 aliphatic heterocycles. The average Bonchev–Trinajstić information content (AvgIpc) is 2.90. The number of benzene rings is 1. The van der Waals surface area contributed by atoms with Crippen molar-refractivity contribution in [2.75, 3.05) is 0 Å². The van der Waals surface area contributed by atoms with Crippen molar-refractivity contribution in [3.05, 3.63) is 61.4 Å². The Kier molecular flexibility index (Phi) is 3.85. The van der Waals surface area contributed by atoms with Gasteiger partial charge in [-0.1, -0.05) is 35.0 Å². The molecule has 2 heterocycles. The number of thiophene rings is 1. The van der Waals surface area contributed by atoms with Gasteiger partial charge in [0.05, 0.1) is 18.3 Å². The maximum Gasteiger partial charge on any atom is 0.262 e. The quantitative estimate of drug-likeness (QED) is 0.652. The number of aromatic nitrogens is 2. The van der Waals surface area contributed by atoms with Crippen molar-refractivity contribution in [1.29, 1.82) is 0 Å². The summed E-state index contributed by atoms with van der Waals surface area (Å²) in [6, 6.07) is 8.07. The van der Waals surface area contributed by atoms with Crippen molar-refractivity contribution in [2.24, 2.45) is 5.92 Å². The highest BCUT2D eigenvalue weighted by atomic mass is 79.9. The van der Waals surface area contributed by atoms with Crippen LogP contribution < -0.4 is 5.56 Å².